The molecule has 0 aromatic carbocycles. The minimum atomic E-state index is -0.987. The van der Waals surface area contributed by atoms with E-state index in [9.17, 15) is 9.18 Å². The molecule has 1 aromatic rings. The number of carbonyl (C=O) groups is 1. The summed E-state index contributed by atoms with van der Waals surface area (Å²) in [5.41, 5.74) is 0. The van der Waals surface area contributed by atoms with Crippen LogP contribution in [0.2, 0.25) is 0 Å². The van der Waals surface area contributed by atoms with Gasteiger partial charge in [-0.15, -0.1) is 0 Å². The highest BCUT2D eigenvalue weighted by Crippen LogP contribution is 2.16. The van der Waals surface area contributed by atoms with Gasteiger partial charge in [0.15, 0.2) is 11.6 Å². The van der Waals surface area contributed by atoms with Gasteiger partial charge in [0.05, 0.1) is 19.6 Å². The minimum absolute atomic E-state index is 0.229. The average molecular weight is 242 g/mol. The lowest BCUT2D eigenvalue weighted by atomic mass is 10.5. The van der Waals surface area contributed by atoms with E-state index in [2.05, 4.69) is 24.4 Å². The smallest absolute Gasteiger partial charge is 0.437 e. The molecule has 1 rings (SSSR count). The maximum absolute atomic E-state index is 13.2. The highest BCUT2D eigenvalue weighted by molar-refractivity contribution is 5.62. The Hall–Kier alpha value is -2.25. The van der Waals surface area contributed by atoms with Gasteiger partial charge in [-0.25, -0.2) is 19.2 Å². The van der Waals surface area contributed by atoms with Crippen LogP contribution in [0.5, 0.6) is 6.01 Å². The number of ether oxygens (including phenoxy) is 2. The molecular weight excluding hydrogens is 231 g/mol. The Morgan fingerprint density at radius 3 is 2.88 bits per heavy atom. The SMILES string of the molecule is COC(=O)Oc1ncc(F)c(N=CN(C)C)n1. The summed E-state index contributed by atoms with van der Waals surface area (Å²) >= 11 is 0. The van der Waals surface area contributed by atoms with Crippen LogP contribution in [0.25, 0.3) is 0 Å². The Morgan fingerprint density at radius 2 is 2.29 bits per heavy atom. The zero-order chi connectivity index (χ0) is 12.8. The topological polar surface area (TPSA) is 76.9 Å². The van der Waals surface area contributed by atoms with E-state index in [0.717, 1.165) is 13.3 Å². The third-order valence-electron chi connectivity index (χ3n) is 1.46. The summed E-state index contributed by atoms with van der Waals surface area (Å²) < 4.78 is 22.0. The number of rotatable bonds is 3. The van der Waals surface area contributed by atoms with Crippen LogP contribution in [-0.4, -0.2) is 48.6 Å². The molecule has 0 bridgehead atoms. The van der Waals surface area contributed by atoms with Crippen molar-refractivity contribution in [1.82, 2.24) is 14.9 Å². The van der Waals surface area contributed by atoms with E-state index in [1.54, 1.807) is 19.0 Å². The molecule has 1 heterocycles. The summed E-state index contributed by atoms with van der Waals surface area (Å²) in [7, 11) is 4.57. The van der Waals surface area contributed by atoms with Crippen LogP contribution in [-0.2, 0) is 4.74 Å². The predicted octanol–water partition coefficient (Wildman–Crippen LogP) is 0.982. The Balaban J connectivity index is 2.90. The molecule has 0 saturated carbocycles. The van der Waals surface area contributed by atoms with Gasteiger partial charge in [-0.05, 0) is 0 Å². The first-order valence-corrected chi connectivity index (χ1v) is 4.52. The molecule has 0 aliphatic rings. The van der Waals surface area contributed by atoms with E-state index in [1.807, 2.05) is 0 Å². The second kappa shape index (κ2) is 5.73. The van der Waals surface area contributed by atoms with Gasteiger partial charge in [0.1, 0.15) is 0 Å². The molecule has 0 aliphatic carbocycles. The van der Waals surface area contributed by atoms with E-state index < -0.39 is 12.0 Å². The number of hydrogen-bond donors (Lipinski definition) is 0. The van der Waals surface area contributed by atoms with Gasteiger partial charge in [0.25, 0.3) is 0 Å². The first kappa shape index (κ1) is 12.8. The maximum Gasteiger partial charge on any atom is 0.516 e. The fourth-order valence-electron chi connectivity index (χ4n) is 0.769. The minimum Gasteiger partial charge on any atom is -0.437 e. The third-order valence-corrected chi connectivity index (χ3v) is 1.46. The molecule has 0 radical (unpaired) electrons. The number of aromatic nitrogens is 2. The van der Waals surface area contributed by atoms with Crippen LogP contribution in [0.4, 0.5) is 15.0 Å². The van der Waals surface area contributed by atoms with Gasteiger partial charge in [0.2, 0.25) is 0 Å². The van der Waals surface area contributed by atoms with Crippen molar-refractivity contribution in [3.8, 4) is 6.01 Å². The third kappa shape index (κ3) is 4.01. The molecule has 0 atom stereocenters. The Morgan fingerprint density at radius 1 is 1.59 bits per heavy atom. The molecule has 0 aliphatic heterocycles. The molecule has 1 aromatic heterocycles. The number of nitrogens with zero attached hydrogens (tertiary/aromatic N) is 4. The average Bonchev–Trinajstić information content (AvgIpc) is 2.29. The monoisotopic (exact) mass is 242 g/mol. The van der Waals surface area contributed by atoms with Crippen LogP contribution in [0.1, 0.15) is 0 Å². The number of halogens is 1. The molecule has 0 N–H and O–H groups in total. The van der Waals surface area contributed by atoms with Crippen molar-refractivity contribution in [2.75, 3.05) is 21.2 Å². The van der Waals surface area contributed by atoms with Gasteiger partial charge in [-0.1, -0.05) is 0 Å². The molecule has 92 valence electrons. The van der Waals surface area contributed by atoms with Crippen molar-refractivity contribution < 1.29 is 18.7 Å². The van der Waals surface area contributed by atoms with E-state index in [0.29, 0.717) is 0 Å². The summed E-state index contributed by atoms with van der Waals surface area (Å²) in [6.07, 6.45) is 1.22. The maximum atomic E-state index is 13.2. The van der Waals surface area contributed by atoms with E-state index in [-0.39, 0.29) is 11.8 Å². The summed E-state index contributed by atoms with van der Waals surface area (Å²) in [5, 5.41) is 0. The highest BCUT2D eigenvalue weighted by atomic mass is 19.1. The van der Waals surface area contributed by atoms with Crippen LogP contribution in [0, 0.1) is 5.82 Å². The predicted molar refractivity (Wildman–Crippen MR) is 56.9 cm³/mol. The molecule has 8 heteroatoms. The molecule has 7 nitrogen and oxygen atoms in total. The van der Waals surface area contributed by atoms with Crippen molar-refractivity contribution in [3.63, 3.8) is 0 Å². The van der Waals surface area contributed by atoms with Crippen molar-refractivity contribution in [2.45, 2.75) is 0 Å². The van der Waals surface area contributed by atoms with Crippen molar-refractivity contribution in [1.29, 1.82) is 0 Å². The van der Waals surface area contributed by atoms with Crippen molar-refractivity contribution in [2.24, 2.45) is 4.99 Å². The first-order chi connectivity index (χ1) is 8.02. The summed E-state index contributed by atoms with van der Waals surface area (Å²) in [6.45, 7) is 0. The van der Waals surface area contributed by atoms with Crippen LogP contribution >= 0.6 is 0 Å². The Kier molecular flexibility index (Phi) is 4.32. The Labute approximate surface area is 96.9 Å². The van der Waals surface area contributed by atoms with Gasteiger partial charge in [0, 0.05) is 14.1 Å². The van der Waals surface area contributed by atoms with Crippen LogP contribution in [0.3, 0.4) is 0 Å². The zero-order valence-electron chi connectivity index (χ0n) is 9.55. The standard InChI is InChI=1S/C9H11FN4O3/c1-14(2)5-12-7-6(10)4-11-8(13-7)17-9(15)16-3/h4-5H,1-3H3. The lowest BCUT2D eigenvalue weighted by Gasteiger charge is -2.03. The van der Waals surface area contributed by atoms with Gasteiger partial charge < -0.3 is 14.4 Å². The lowest BCUT2D eigenvalue weighted by molar-refractivity contribution is 0.117. The molecule has 0 amide bonds. The normalized spacial score (nSPS) is 10.4. The molecule has 0 spiro atoms. The van der Waals surface area contributed by atoms with E-state index >= 15 is 0 Å². The fraction of sp³-hybridized carbons (Fsp3) is 0.333. The highest BCUT2D eigenvalue weighted by Gasteiger charge is 2.10. The number of carbonyl (C=O) groups excluding carboxylic acids is 1. The molecule has 0 fully saturated rings. The van der Waals surface area contributed by atoms with Gasteiger partial charge >= 0.3 is 12.2 Å². The molecule has 0 unspecified atom stereocenters. The van der Waals surface area contributed by atoms with E-state index in [1.165, 1.54) is 6.34 Å². The lowest BCUT2D eigenvalue weighted by Crippen LogP contribution is -2.10. The molecular formula is C9H11FN4O3. The number of hydrogen-bond acceptors (Lipinski definition) is 6. The summed E-state index contributed by atoms with van der Waals surface area (Å²) in [6, 6.07) is -0.329. The zero-order valence-corrected chi connectivity index (χ0v) is 9.55. The molecule has 0 saturated heterocycles. The second-order valence-electron chi connectivity index (χ2n) is 3.09. The van der Waals surface area contributed by atoms with Gasteiger partial charge in [-0.3, -0.25) is 0 Å². The number of methoxy groups -OCH3 is 1. The first-order valence-electron chi connectivity index (χ1n) is 4.52. The fourth-order valence-corrected chi connectivity index (χ4v) is 0.769. The second-order valence-corrected chi connectivity index (χ2v) is 3.09. The Bertz CT molecular complexity index is 436. The van der Waals surface area contributed by atoms with Crippen molar-refractivity contribution >= 4 is 18.3 Å². The van der Waals surface area contributed by atoms with Crippen LogP contribution in [0.15, 0.2) is 11.2 Å². The van der Waals surface area contributed by atoms with Gasteiger partial charge in [-0.2, -0.15) is 4.98 Å². The van der Waals surface area contributed by atoms with Crippen LogP contribution < -0.4 is 4.74 Å². The summed E-state index contributed by atoms with van der Waals surface area (Å²) in [5.74, 6) is -0.951. The number of aliphatic imine (C=N–C) groups is 1. The largest absolute Gasteiger partial charge is 0.516 e. The van der Waals surface area contributed by atoms with Crippen molar-refractivity contribution in [3.05, 3.63) is 12.0 Å². The van der Waals surface area contributed by atoms with E-state index in [4.69, 9.17) is 0 Å². The summed E-state index contributed by atoms with van der Waals surface area (Å²) in [4.78, 5) is 23.2. The quantitative estimate of drug-likeness (QED) is 0.446. The molecule has 17 heavy (non-hydrogen) atoms.